The first-order valence-electron chi connectivity index (χ1n) is 4.79. The van der Waals surface area contributed by atoms with Crippen LogP contribution in [0.3, 0.4) is 0 Å². The molecule has 3 nitrogen and oxygen atoms in total. The highest BCUT2D eigenvalue weighted by atomic mass is 16.3. The van der Waals surface area contributed by atoms with Crippen molar-refractivity contribution >= 4 is 0 Å². The minimum absolute atomic E-state index is 0.373. The van der Waals surface area contributed by atoms with Gasteiger partial charge < -0.3 is 5.11 Å². The third-order valence-corrected chi connectivity index (χ3v) is 2.07. The van der Waals surface area contributed by atoms with Crippen molar-refractivity contribution in [3.63, 3.8) is 0 Å². The van der Waals surface area contributed by atoms with Crippen LogP contribution in [-0.4, -0.2) is 15.3 Å². The monoisotopic (exact) mass is 180 g/mol. The van der Waals surface area contributed by atoms with Gasteiger partial charge in [-0.05, 0) is 12.5 Å². The van der Waals surface area contributed by atoms with Crippen LogP contribution in [0.1, 0.15) is 44.3 Å². The van der Waals surface area contributed by atoms with Crippen LogP contribution in [0.25, 0.3) is 0 Å². The van der Waals surface area contributed by atoms with Crippen molar-refractivity contribution in [2.24, 2.45) is 0 Å². The van der Waals surface area contributed by atoms with Gasteiger partial charge in [0.25, 0.3) is 0 Å². The molecule has 1 atom stereocenters. The molecule has 0 aliphatic carbocycles. The van der Waals surface area contributed by atoms with E-state index in [0.717, 1.165) is 18.4 Å². The van der Waals surface area contributed by atoms with Crippen LogP contribution >= 0.6 is 0 Å². The Morgan fingerprint density at radius 1 is 1.38 bits per heavy atom. The highest BCUT2D eigenvalue weighted by Gasteiger charge is 2.05. The maximum Gasteiger partial charge on any atom is 0.0806 e. The summed E-state index contributed by atoms with van der Waals surface area (Å²) >= 11 is 0. The minimum atomic E-state index is -0.373. The van der Waals surface area contributed by atoms with Crippen LogP contribution < -0.4 is 0 Å². The Morgan fingerprint density at radius 3 is 2.85 bits per heavy atom. The molecule has 0 amide bonds. The summed E-state index contributed by atoms with van der Waals surface area (Å²) in [5, 5.41) is 17.1. The molecular weight excluding hydrogens is 164 g/mol. The Balaban J connectivity index is 2.35. The summed E-state index contributed by atoms with van der Waals surface area (Å²) in [5.41, 5.74) is 0.867. The number of aromatic nitrogens is 2. The van der Waals surface area contributed by atoms with Gasteiger partial charge in [-0.15, -0.1) is 0 Å². The van der Waals surface area contributed by atoms with Gasteiger partial charge in [-0.25, -0.2) is 0 Å². The van der Waals surface area contributed by atoms with Gasteiger partial charge >= 0.3 is 0 Å². The fraction of sp³-hybridized carbons (Fsp3) is 0.600. The van der Waals surface area contributed by atoms with Crippen LogP contribution in [0.2, 0.25) is 0 Å². The molecule has 1 aromatic rings. The van der Waals surface area contributed by atoms with E-state index in [2.05, 4.69) is 17.1 Å². The number of nitrogens with zero attached hydrogens (tertiary/aromatic N) is 2. The van der Waals surface area contributed by atoms with Gasteiger partial charge in [-0.3, -0.25) is 0 Å². The first-order valence-corrected chi connectivity index (χ1v) is 4.79. The Bertz CT molecular complexity index is 226. The largest absolute Gasteiger partial charge is 0.388 e. The maximum atomic E-state index is 9.68. The molecule has 3 heteroatoms. The number of aliphatic hydroxyl groups is 1. The van der Waals surface area contributed by atoms with Gasteiger partial charge in [0.15, 0.2) is 0 Å². The van der Waals surface area contributed by atoms with Crippen molar-refractivity contribution in [3.05, 3.63) is 24.0 Å². The Kier molecular flexibility index (Phi) is 4.40. The molecule has 0 bridgehead atoms. The molecule has 1 unspecified atom stereocenters. The lowest BCUT2D eigenvalue weighted by Crippen LogP contribution is -1.98. The second kappa shape index (κ2) is 5.65. The maximum absolute atomic E-state index is 9.68. The predicted molar refractivity (Wildman–Crippen MR) is 51.1 cm³/mol. The number of rotatable bonds is 5. The van der Waals surface area contributed by atoms with Crippen LogP contribution in [0, 0.1) is 0 Å². The Hall–Kier alpha value is -0.960. The third-order valence-electron chi connectivity index (χ3n) is 2.07. The van der Waals surface area contributed by atoms with Crippen molar-refractivity contribution in [1.29, 1.82) is 0 Å². The summed E-state index contributed by atoms with van der Waals surface area (Å²) in [6.45, 7) is 2.15. The molecule has 13 heavy (non-hydrogen) atoms. The van der Waals surface area contributed by atoms with Crippen LogP contribution in [0.5, 0.6) is 0 Å². The molecule has 1 aromatic heterocycles. The van der Waals surface area contributed by atoms with Gasteiger partial charge in [0.2, 0.25) is 0 Å². The zero-order valence-electron chi connectivity index (χ0n) is 7.98. The van der Waals surface area contributed by atoms with Gasteiger partial charge in [-0.1, -0.05) is 26.2 Å². The molecule has 0 aromatic carbocycles. The van der Waals surface area contributed by atoms with Gasteiger partial charge in [0.05, 0.1) is 12.3 Å². The second-order valence-electron chi connectivity index (χ2n) is 3.19. The van der Waals surface area contributed by atoms with Gasteiger partial charge in [-0.2, -0.15) is 10.2 Å². The minimum Gasteiger partial charge on any atom is -0.388 e. The third kappa shape index (κ3) is 3.51. The topological polar surface area (TPSA) is 46.0 Å². The lowest BCUT2D eigenvalue weighted by atomic mass is 10.1. The van der Waals surface area contributed by atoms with E-state index in [1.54, 1.807) is 12.4 Å². The summed E-state index contributed by atoms with van der Waals surface area (Å²) in [7, 11) is 0. The molecule has 1 N–H and O–H groups in total. The number of unbranched alkanes of at least 4 members (excludes halogenated alkanes) is 2. The number of aliphatic hydroxyl groups excluding tert-OH is 1. The molecule has 0 aliphatic heterocycles. The predicted octanol–water partition coefficient (Wildman–Crippen LogP) is 2.09. The first-order chi connectivity index (χ1) is 6.34. The van der Waals surface area contributed by atoms with E-state index < -0.39 is 0 Å². The zero-order valence-corrected chi connectivity index (χ0v) is 7.98. The quantitative estimate of drug-likeness (QED) is 0.706. The van der Waals surface area contributed by atoms with E-state index in [9.17, 15) is 5.11 Å². The molecule has 0 spiro atoms. The summed E-state index contributed by atoms with van der Waals surface area (Å²) in [4.78, 5) is 0. The van der Waals surface area contributed by atoms with Crippen molar-refractivity contribution in [2.45, 2.75) is 38.7 Å². The fourth-order valence-corrected chi connectivity index (χ4v) is 1.25. The van der Waals surface area contributed by atoms with E-state index in [4.69, 9.17) is 0 Å². The molecule has 0 fully saturated rings. The van der Waals surface area contributed by atoms with Gasteiger partial charge in [0.1, 0.15) is 0 Å². The van der Waals surface area contributed by atoms with E-state index in [1.165, 1.54) is 12.8 Å². The van der Waals surface area contributed by atoms with Crippen molar-refractivity contribution in [1.82, 2.24) is 10.2 Å². The van der Waals surface area contributed by atoms with Crippen LogP contribution in [0.15, 0.2) is 18.5 Å². The lowest BCUT2D eigenvalue weighted by Gasteiger charge is -2.08. The molecule has 0 saturated carbocycles. The molecule has 0 saturated heterocycles. The normalized spacial score (nSPS) is 12.8. The van der Waals surface area contributed by atoms with E-state index in [1.807, 2.05) is 6.07 Å². The second-order valence-corrected chi connectivity index (χ2v) is 3.19. The molecule has 1 rings (SSSR count). The average Bonchev–Trinajstić information content (AvgIpc) is 2.19. The summed E-state index contributed by atoms with van der Waals surface area (Å²) in [6.07, 6.45) is 7.10. The smallest absolute Gasteiger partial charge is 0.0806 e. The fourth-order valence-electron chi connectivity index (χ4n) is 1.25. The van der Waals surface area contributed by atoms with Crippen LogP contribution in [-0.2, 0) is 0 Å². The van der Waals surface area contributed by atoms with Gasteiger partial charge in [0, 0.05) is 11.8 Å². The summed E-state index contributed by atoms with van der Waals surface area (Å²) in [5.74, 6) is 0. The van der Waals surface area contributed by atoms with Crippen LogP contribution in [0.4, 0.5) is 0 Å². The highest BCUT2D eigenvalue weighted by Crippen LogP contribution is 2.17. The average molecular weight is 180 g/mol. The standard InChI is InChI=1S/C10H16N2O/c1-2-3-4-5-10(13)9-6-7-11-12-8-9/h6-8,10,13H,2-5H2,1H3. The van der Waals surface area contributed by atoms with E-state index >= 15 is 0 Å². The van der Waals surface area contributed by atoms with E-state index in [-0.39, 0.29) is 6.10 Å². The number of hydrogen-bond acceptors (Lipinski definition) is 3. The highest BCUT2D eigenvalue weighted by molar-refractivity contribution is 5.08. The lowest BCUT2D eigenvalue weighted by molar-refractivity contribution is 0.163. The van der Waals surface area contributed by atoms with Crippen molar-refractivity contribution in [2.75, 3.05) is 0 Å². The summed E-state index contributed by atoms with van der Waals surface area (Å²) in [6, 6.07) is 1.81. The van der Waals surface area contributed by atoms with E-state index in [0.29, 0.717) is 0 Å². The zero-order chi connectivity index (χ0) is 9.52. The van der Waals surface area contributed by atoms with Crippen molar-refractivity contribution in [3.8, 4) is 0 Å². The summed E-state index contributed by atoms with van der Waals surface area (Å²) < 4.78 is 0. The molecular formula is C10H16N2O. The SMILES string of the molecule is CCCCCC(O)c1ccnnc1. The Labute approximate surface area is 78.8 Å². The van der Waals surface area contributed by atoms with Crippen molar-refractivity contribution < 1.29 is 5.11 Å². The number of hydrogen-bond donors (Lipinski definition) is 1. The Morgan fingerprint density at radius 2 is 2.23 bits per heavy atom. The molecule has 0 radical (unpaired) electrons. The molecule has 1 heterocycles. The molecule has 72 valence electrons. The molecule has 0 aliphatic rings. The first kappa shape index (κ1) is 10.1.